The van der Waals surface area contributed by atoms with E-state index in [-0.39, 0.29) is 0 Å². The maximum Gasteiger partial charge on any atom is 0.152 e. The van der Waals surface area contributed by atoms with Crippen LogP contribution in [0.15, 0.2) is 28.9 Å². The molecular weight excluding hydrogens is 381 g/mol. The summed E-state index contributed by atoms with van der Waals surface area (Å²) < 4.78 is 4.96. The third-order valence-electron chi connectivity index (χ3n) is 2.44. The Morgan fingerprint density at radius 3 is 2.53 bits per heavy atom. The molecule has 0 aliphatic rings. The van der Waals surface area contributed by atoms with Gasteiger partial charge in [0.2, 0.25) is 0 Å². The number of fused-ring (bicyclic) bond motifs is 1. The van der Waals surface area contributed by atoms with E-state index < -0.39 is 8.24 Å². The van der Waals surface area contributed by atoms with Crippen LogP contribution < -0.4 is 0 Å². The topological polar surface area (TPSA) is 4.93 Å². The summed E-state index contributed by atoms with van der Waals surface area (Å²) >= 11 is 5.94. The van der Waals surface area contributed by atoms with Gasteiger partial charge in [0.1, 0.15) is 0 Å². The minimum Gasteiger partial charge on any atom is -0.374 e. The van der Waals surface area contributed by atoms with Gasteiger partial charge >= 0.3 is 0 Å². The third-order valence-corrected chi connectivity index (χ3v) is 5.61. The second kappa shape index (κ2) is 3.89. The van der Waals surface area contributed by atoms with E-state index in [2.05, 4.69) is 86.8 Å². The number of hydrogen-bond acceptors (Lipinski definition) is 0. The molecule has 0 aliphatic carbocycles. The molecule has 0 saturated carbocycles. The number of hydrogen-bond donors (Lipinski definition) is 0. The van der Waals surface area contributed by atoms with Crippen LogP contribution in [-0.4, -0.2) is 12.5 Å². The average molecular weight is 394 g/mol. The first-order chi connectivity index (χ1) is 6.89. The number of halogens is 2. The van der Waals surface area contributed by atoms with Gasteiger partial charge in [0, 0.05) is 25.1 Å². The second-order valence-electron chi connectivity index (χ2n) is 4.68. The molecule has 0 amide bonds. The largest absolute Gasteiger partial charge is 0.374 e. The fourth-order valence-corrected chi connectivity index (χ4v) is 4.49. The zero-order chi connectivity index (χ0) is 11.2. The maximum atomic E-state index is 3.53. The first-order valence-corrected chi connectivity index (χ1v) is 10.2. The molecule has 0 aliphatic heterocycles. The summed E-state index contributed by atoms with van der Waals surface area (Å²) in [6.45, 7) is 7.10. The van der Waals surface area contributed by atoms with E-state index in [0.29, 0.717) is 0 Å². The van der Waals surface area contributed by atoms with Crippen molar-refractivity contribution in [1.29, 1.82) is 0 Å². The Morgan fingerprint density at radius 1 is 1.27 bits per heavy atom. The second-order valence-corrected chi connectivity index (χ2v) is 11.6. The molecule has 2 rings (SSSR count). The van der Waals surface area contributed by atoms with Crippen LogP contribution in [0, 0.1) is 3.57 Å². The predicted octanol–water partition coefficient (Wildman–Crippen LogP) is 4.69. The molecule has 0 bridgehead atoms. The van der Waals surface area contributed by atoms with E-state index in [9.17, 15) is 0 Å². The summed E-state index contributed by atoms with van der Waals surface area (Å²) in [5, 5.41) is 1.35. The van der Waals surface area contributed by atoms with Crippen molar-refractivity contribution < 1.29 is 0 Å². The number of rotatable bonds is 1. The predicted molar refractivity (Wildman–Crippen MR) is 81.1 cm³/mol. The van der Waals surface area contributed by atoms with E-state index >= 15 is 0 Å². The Kier molecular flexibility index (Phi) is 3.02. The van der Waals surface area contributed by atoms with E-state index in [1.54, 1.807) is 0 Å². The average Bonchev–Trinajstić information content (AvgIpc) is 2.43. The summed E-state index contributed by atoms with van der Waals surface area (Å²) in [5.41, 5.74) is 1.36. The highest BCUT2D eigenvalue weighted by molar-refractivity contribution is 14.1. The van der Waals surface area contributed by atoms with Crippen LogP contribution in [-0.2, 0) is 0 Å². The normalized spacial score (nSPS) is 12.3. The number of aromatic nitrogens is 1. The molecule has 0 fully saturated rings. The Bertz CT molecular complexity index is 513. The Labute approximate surface area is 113 Å². The van der Waals surface area contributed by atoms with Gasteiger partial charge in [-0.25, -0.2) is 0 Å². The van der Waals surface area contributed by atoms with Gasteiger partial charge in [-0.1, -0.05) is 35.6 Å². The lowest BCUT2D eigenvalue weighted by Crippen LogP contribution is -2.30. The first-order valence-electron chi connectivity index (χ1n) is 4.86. The summed E-state index contributed by atoms with van der Waals surface area (Å²) in [7, 11) is -1.30. The monoisotopic (exact) mass is 393 g/mol. The van der Waals surface area contributed by atoms with Crippen LogP contribution in [0.5, 0.6) is 0 Å². The Balaban J connectivity index is 2.79. The molecule has 4 heteroatoms. The maximum absolute atomic E-state index is 3.53. The lowest BCUT2D eigenvalue weighted by Gasteiger charge is -2.19. The third kappa shape index (κ3) is 2.17. The van der Waals surface area contributed by atoms with Gasteiger partial charge in [-0.3, -0.25) is 0 Å². The van der Waals surface area contributed by atoms with Crippen LogP contribution in [0.3, 0.4) is 0 Å². The van der Waals surface area contributed by atoms with Gasteiger partial charge in [-0.2, -0.15) is 0 Å². The number of nitrogens with zero attached hydrogens (tertiary/aromatic N) is 1. The summed E-state index contributed by atoms with van der Waals surface area (Å²) in [6, 6.07) is 6.53. The molecule has 15 heavy (non-hydrogen) atoms. The van der Waals surface area contributed by atoms with Crippen LogP contribution in [0.25, 0.3) is 10.9 Å². The fourth-order valence-electron chi connectivity index (χ4n) is 1.72. The van der Waals surface area contributed by atoms with E-state index in [1.165, 1.54) is 14.5 Å². The molecule has 0 atom stereocenters. The van der Waals surface area contributed by atoms with Crippen molar-refractivity contribution in [1.82, 2.24) is 4.23 Å². The highest BCUT2D eigenvalue weighted by Crippen LogP contribution is 2.28. The van der Waals surface area contributed by atoms with E-state index in [0.717, 1.165) is 4.47 Å². The van der Waals surface area contributed by atoms with Crippen LogP contribution in [0.2, 0.25) is 19.6 Å². The van der Waals surface area contributed by atoms with Gasteiger partial charge in [0.25, 0.3) is 0 Å². The van der Waals surface area contributed by atoms with Crippen LogP contribution >= 0.6 is 38.5 Å². The number of benzene rings is 1. The SMILES string of the molecule is C[Si](C)(C)n1cc(I)c2cc(Br)ccc21. The Hall–Kier alpha value is 0.187. The van der Waals surface area contributed by atoms with E-state index in [4.69, 9.17) is 0 Å². The van der Waals surface area contributed by atoms with Gasteiger partial charge in [0.05, 0.1) is 0 Å². The van der Waals surface area contributed by atoms with Crippen molar-refractivity contribution in [2.45, 2.75) is 19.6 Å². The minimum atomic E-state index is -1.30. The molecule has 0 unspecified atom stereocenters. The summed E-state index contributed by atoms with van der Waals surface area (Å²) in [4.78, 5) is 0. The quantitative estimate of drug-likeness (QED) is 0.489. The molecule has 0 saturated heterocycles. The van der Waals surface area contributed by atoms with Crippen molar-refractivity contribution in [2.24, 2.45) is 0 Å². The molecular formula is C11H13BrINSi. The van der Waals surface area contributed by atoms with Crippen molar-refractivity contribution >= 4 is 57.7 Å². The zero-order valence-corrected chi connectivity index (χ0v) is 13.8. The minimum absolute atomic E-state index is 1.15. The Morgan fingerprint density at radius 2 is 1.93 bits per heavy atom. The molecule has 0 radical (unpaired) electrons. The van der Waals surface area contributed by atoms with Crippen molar-refractivity contribution in [3.05, 3.63) is 32.4 Å². The van der Waals surface area contributed by atoms with Gasteiger partial charge in [-0.05, 0) is 40.8 Å². The smallest absolute Gasteiger partial charge is 0.152 e. The molecule has 2 aromatic rings. The lowest BCUT2D eigenvalue weighted by molar-refractivity contribution is 1.20. The van der Waals surface area contributed by atoms with Gasteiger partial charge < -0.3 is 4.23 Å². The van der Waals surface area contributed by atoms with Crippen LogP contribution in [0.4, 0.5) is 0 Å². The fraction of sp³-hybridized carbons (Fsp3) is 0.273. The molecule has 1 aromatic carbocycles. The molecule has 1 aromatic heterocycles. The van der Waals surface area contributed by atoms with Crippen molar-refractivity contribution in [3.63, 3.8) is 0 Å². The van der Waals surface area contributed by atoms with Gasteiger partial charge in [-0.15, -0.1) is 0 Å². The molecule has 0 N–H and O–H groups in total. The molecule has 0 spiro atoms. The molecule has 1 nitrogen and oxygen atoms in total. The highest BCUT2D eigenvalue weighted by Gasteiger charge is 2.19. The van der Waals surface area contributed by atoms with Crippen molar-refractivity contribution in [2.75, 3.05) is 0 Å². The van der Waals surface area contributed by atoms with Crippen LogP contribution in [0.1, 0.15) is 0 Å². The molecule has 80 valence electrons. The molecule has 1 heterocycles. The first kappa shape index (κ1) is 11.7. The lowest BCUT2D eigenvalue weighted by atomic mass is 10.3. The zero-order valence-electron chi connectivity index (χ0n) is 9.01. The van der Waals surface area contributed by atoms with Gasteiger partial charge in [0.15, 0.2) is 8.24 Å². The standard InChI is InChI=1S/C11H13BrINSi/c1-15(2,3)14-7-10(13)9-6-8(12)4-5-11(9)14/h4-7H,1-3H3. The van der Waals surface area contributed by atoms with E-state index in [1.807, 2.05) is 0 Å². The summed E-state index contributed by atoms with van der Waals surface area (Å²) in [5.74, 6) is 0. The summed E-state index contributed by atoms with van der Waals surface area (Å²) in [6.07, 6.45) is 2.28. The van der Waals surface area contributed by atoms with Crippen molar-refractivity contribution in [3.8, 4) is 0 Å². The highest BCUT2D eigenvalue weighted by atomic mass is 127.